The predicted molar refractivity (Wildman–Crippen MR) is 95.6 cm³/mol. The summed E-state index contributed by atoms with van der Waals surface area (Å²) in [5, 5.41) is 3.03. The van der Waals surface area contributed by atoms with Crippen molar-refractivity contribution in [1.82, 2.24) is 16.2 Å². The average molecular weight is 380 g/mol. The van der Waals surface area contributed by atoms with Crippen molar-refractivity contribution in [3.8, 4) is 0 Å². The fraction of sp³-hybridized carbons (Fsp3) is 0.118. The molecule has 0 atom stereocenters. The van der Waals surface area contributed by atoms with Crippen LogP contribution in [0.2, 0.25) is 10.0 Å². The molecule has 0 radical (unpaired) electrons. The Labute approximate surface area is 154 Å². The van der Waals surface area contributed by atoms with Crippen LogP contribution >= 0.6 is 23.2 Å². The molecule has 0 unspecified atom stereocenters. The van der Waals surface area contributed by atoms with Crippen LogP contribution in [-0.2, 0) is 4.79 Å². The summed E-state index contributed by atoms with van der Waals surface area (Å²) < 4.78 is 0. The van der Waals surface area contributed by atoms with Crippen molar-refractivity contribution in [2.45, 2.75) is 6.92 Å². The first-order chi connectivity index (χ1) is 11.9. The van der Waals surface area contributed by atoms with Crippen molar-refractivity contribution in [3.63, 3.8) is 0 Å². The fourth-order valence-corrected chi connectivity index (χ4v) is 2.54. The van der Waals surface area contributed by atoms with Crippen LogP contribution in [0.5, 0.6) is 0 Å². The molecule has 0 aromatic heterocycles. The lowest BCUT2D eigenvalue weighted by atomic mass is 10.1. The van der Waals surface area contributed by atoms with Gasteiger partial charge in [-0.05, 0) is 36.8 Å². The lowest BCUT2D eigenvalue weighted by Crippen LogP contribution is -2.46. The van der Waals surface area contributed by atoms with Crippen molar-refractivity contribution in [3.05, 3.63) is 69.2 Å². The van der Waals surface area contributed by atoms with Crippen LogP contribution in [-0.4, -0.2) is 24.3 Å². The number of hydrogen-bond acceptors (Lipinski definition) is 3. The number of carbonyl (C=O) groups is 3. The molecule has 25 heavy (non-hydrogen) atoms. The number of hydrazine groups is 1. The molecule has 0 spiro atoms. The van der Waals surface area contributed by atoms with Crippen molar-refractivity contribution in [1.29, 1.82) is 0 Å². The summed E-state index contributed by atoms with van der Waals surface area (Å²) in [6, 6.07) is 11.3. The highest BCUT2D eigenvalue weighted by molar-refractivity contribution is 6.35. The Kier molecular flexibility index (Phi) is 6.38. The molecular formula is C17H15Cl2N3O3. The summed E-state index contributed by atoms with van der Waals surface area (Å²) in [5.74, 6) is -1.53. The van der Waals surface area contributed by atoms with E-state index in [4.69, 9.17) is 23.2 Å². The zero-order valence-corrected chi connectivity index (χ0v) is 14.7. The highest BCUT2D eigenvalue weighted by Crippen LogP contribution is 2.18. The predicted octanol–water partition coefficient (Wildman–Crippen LogP) is 2.49. The second-order valence-electron chi connectivity index (χ2n) is 5.16. The summed E-state index contributed by atoms with van der Waals surface area (Å²) in [5.41, 5.74) is 5.98. The molecule has 3 N–H and O–H groups in total. The Hall–Kier alpha value is -2.57. The average Bonchev–Trinajstić information content (AvgIpc) is 2.57. The van der Waals surface area contributed by atoms with Crippen LogP contribution in [0.25, 0.3) is 0 Å². The lowest BCUT2D eigenvalue weighted by molar-refractivity contribution is -0.120. The Morgan fingerprint density at radius 2 is 1.56 bits per heavy atom. The van der Waals surface area contributed by atoms with Crippen molar-refractivity contribution < 1.29 is 14.4 Å². The molecular weight excluding hydrogens is 365 g/mol. The van der Waals surface area contributed by atoms with E-state index in [1.165, 1.54) is 18.2 Å². The Bertz CT molecular complexity index is 804. The number of nitrogens with one attached hydrogen (secondary N) is 3. The third-order valence-corrected chi connectivity index (χ3v) is 3.68. The molecule has 3 amide bonds. The number of benzene rings is 2. The molecule has 2 rings (SSSR count). The number of amides is 3. The van der Waals surface area contributed by atoms with E-state index in [-0.39, 0.29) is 12.1 Å². The Balaban J connectivity index is 1.83. The third-order valence-electron chi connectivity index (χ3n) is 3.24. The second kappa shape index (κ2) is 8.50. The molecule has 2 aromatic carbocycles. The van der Waals surface area contributed by atoms with Gasteiger partial charge in [-0.2, -0.15) is 0 Å². The maximum atomic E-state index is 12.0. The first kappa shape index (κ1) is 18.8. The molecule has 0 fully saturated rings. The summed E-state index contributed by atoms with van der Waals surface area (Å²) in [6.45, 7) is 1.46. The minimum absolute atomic E-state index is 0.231. The fourth-order valence-electron chi connectivity index (χ4n) is 2.01. The van der Waals surface area contributed by atoms with Gasteiger partial charge < -0.3 is 5.32 Å². The van der Waals surface area contributed by atoms with Crippen LogP contribution in [0.1, 0.15) is 26.3 Å². The van der Waals surface area contributed by atoms with Gasteiger partial charge in [-0.3, -0.25) is 25.2 Å². The van der Waals surface area contributed by atoms with E-state index in [1.807, 2.05) is 6.07 Å². The number of rotatable bonds is 4. The maximum absolute atomic E-state index is 12.0. The normalized spacial score (nSPS) is 10.0. The highest BCUT2D eigenvalue weighted by Gasteiger charge is 2.12. The van der Waals surface area contributed by atoms with Crippen LogP contribution < -0.4 is 16.2 Å². The van der Waals surface area contributed by atoms with Gasteiger partial charge in [0.2, 0.25) is 0 Å². The molecule has 0 aliphatic rings. The smallest absolute Gasteiger partial charge is 0.269 e. The molecule has 0 aliphatic carbocycles. The third kappa shape index (κ3) is 5.48. The molecule has 8 heteroatoms. The van der Waals surface area contributed by atoms with Gasteiger partial charge in [0.1, 0.15) is 0 Å². The Morgan fingerprint density at radius 1 is 0.920 bits per heavy atom. The monoisotopic (exact) mass is 379 g/mol. The van der Waals surface area contributed by atoms with Gasteiger partial charge in [-0.15, -0.1) is 0 Å². The van der Waals surface area contributed by atoms with Gasteiger partial charge in [0, 0.05) is 21.2 Å². The van der Waals surface area contributed by atoms with Gasteiger partial charge >= 0.3 is 0 Å². The van der Waals surface area contributed by atoms with Crippen molar-refractivity contribution >= 4 is 40.9 Å². The van der Waals surface area contributed by atoms with E-state index in [1.54, 1.807) is 25.1 Å². The van der Waals surface area contributed by atoms with Gasteiger partial charge in [-0.25, -0.2) is 0 Å². The molecule has 0 aliphatic heterocycles. The molecule has 0 saturated heterocycles. The number of aryl methyl sites for hydroxylation is 1. The van der Waals surface area contributed by atoms with Crippen molar-refractivity contribution in [2.24, 2.45) is 0 Å². The standard InChI is InChI=1S/C17H15Cl2N3O3/c1-10-4-2-3-5-14(10)17(25)22-21-15(23)9-20-16(24)11-6-12(18)8-13(19)7-11/h2-8H,9H2,1H3,(H,20,24)(H,21,23)(H,22,25). The first-order valence-electron chi connectivity index (χ1n) is 7.26. The van der Waals surface area contributed by atoms with Crippen LogP contribution in [0.15, 0.2) is 42.5 Å². The molecule has 0 saturated carbocycles. The van der Waals surface area contributed by atoms with Gasteiger partial charge in [0.05, 0.1) is 6.54 Å². The van der Waals surface area contributed by atoms with Gasteiger partial charge in [0.15, 0.2) is 0 Å². The van der Waals surface area contributed by atoms with Crippen LogP contribution in [0.4, 0.5) is 0 Å². The Morgan fingerprint density at radius 3 is 2.20 bits per heavy atom. The van der Waals surface area contributed by atoms with E-state index in [2.05, 4.69) is 16.2 Å². The van der Waals surface area contributed by atoms with E-state index in [0.29, 0.717) is 15.6 Å². The van der Waals surface area contributed by atoms with Gasteiger partial charge in [0.25, 0.3) is 17.7 Å². The largest absolute Gasteiger partial charge is 0.343 e. The SMILES string of the molecule is Cc1ccccc1C(=O)NNC(=O)CNC(=O)c1cc(Cl)cc(Cl)c1. The van der Waals surface area contributed by atoms with E-state index in [0.717, 1.165) is 5.56 Å². The van der Waals surface area contributed by atoms with E-state index < -0.39 is 17.7 Å². The summed E-state index contributed by atoms with van der Waals surface area (Å²) in [6.07, 6.45) is 0. The number of hydrogen-bond donors (Lipinski definition) is 3. The molecule has 0 bridgehead atoms. The quantitative estimate of drug-likeness (QED) is 0.713. The van der Waals surface area contributed by atoms with Crippen LogP contribution in [0.3, 0.4) is 0 Å². The summed E-state index contributed by atoms with van der Waals surface area (Å²) >= 11 is 11.6. The minimum atomic E-state index is -0.580. The van der Waals surface area contributed by atoms with E-state index in [9.17, 15) is 14.4 Å². The second-order valence-corrected chi connectivity index (χ2v) is 6.03. The topological polar surface area (TPSA) is 87.3 Å². The molecule has 130 valence electrons. The van der Waals surface area contributed by atoms with Crippen LogP contribution in [0, 0.1) is 6.92 Å². The summed E-state index contributed by atoms with van der Waals surface area (Å²) in [7, 11) is 0. The molecule has 6 nitrogen and oxygen atoms in total. The minimum Gasteiger partial charge on any atom is -0.343 e. The first-order valence-corrected chi connectivity index (χ1v) is 8.01. The highest BCUT2D eigenvalue weighted by atomic mass is 35.5. The van der Waals surface area contributed by atoms with E-state index >= 15 is 0 Å². The lowest BCUT2D eigenvalue weighted by Gasteiger charge is -2.10. The number of carbonyl (C=O) groups excluding carboxylic acids is 3. The molecule has 0 heterocycles. The maximum Gasteiger partial charge on any atom is 0.269 e. The zero-order chi connectivity index (χ0) is 18.4. The van der Waals surface area contributed by atoms with Crippen molar-refractivity contribution in [2.75, 3.05) is 6.54 Å². The molecule has 2 aromatic rings. The number of halogens is 2. The summed E-state index contributed by atoms with van der Waals surface area (Å²) in [4.78, 5) is 35.7. The zero-order valence-electron chi connectivity index (χ0n) is 13.2. The van der Waals surface area contributed by atoms with Gasteiger partial charge in [-0.1, -0.05) is 41.4 Å².